The van der Waals surface area contributed by atoms with Gasteiger partial charge in [0.05, 0.1) is 17.6 Å². The smallest absolute Gasteiger partial charge is 0.121 e. The van der Waals surface area contributed by atoms with Crippen LogP contribution in [0.15, 0.2) is 24.3 Å². The molecule has 0 amide bonds. The lowest BCUT2D eigenvalue weighted by Gasteiger charge is -2.28. The molecule has 1 aromatic heterocycles. The average Bonchev–Trinajstić information content (AvgIpc) is 2.90. The molecule has 4 heteroatoms. The number of hydrogen-bond acceptors (Lipinski definition) is 3. The molecule has 3 rings (SSSR count). The van der Waals surface area contributed by atoms with Crippen LogP contribution in [-0.4, -0.2) is 41.0 Å². The van der Waals surface area contributed by atoms with Crippen LogP contribution in [0.3, 0.4) is 0 Å². The van der Waals surface area contributed by atoms with Gasteiger partial charge in [-0.3, -0.25) is 4.90 Å². The van der Waals surface area contributed by atoms with Crippen molar-refractivity contribution in [3.05, 3.63) is 30.1 Å². The molecule has 4 nitrogen and oxygen atoms in total. The predicted molar refractivity (Wildman–Crippen MR) is 82.6 cm³/mol. The molecule has 1 aromatic carbocycles. The quantitative estimate of drug-likeness (QED) is 0.878. The molecule has 1 fully saturated rings. The van der Waals surface area contributed by atoms with Gasteiger partial charge in [-0.1, -0.05) is 19.1 Å². The molecule has 2 N–H and O–H groups in total. The summed E-state index contributed by atoms with van der Waals surface area (Å²) < 4.78 is 0. The summed E-state index contributed by atoms with van der Waals surface area (Å²) in [5.41, 5.74) is 2.20. The fourth-order valence-corrected chi connectivity index (χ4v) is 3.04. The van der Waals surface area contributed by atoms with Crippen molar-refractivity contribution in [1.29, 1.82) is 0 Å². The molecule has 2 aromatic rings. The fraction of sp³-hybridized carbons (Fsp3) is 0.562. The number of imidazole rings is 1. The van der Waals surface area contributed by atoms with Crippen molar-refractivity contribution < 1.29 is 0 Å². The van der Waals surface area contributed by atoms with Crippen molar-refractivity contribution in [2.24, 2.45) is 5.92 Å². The van der Waals surface area contributed by atoms with Gasteiger partial charge in [0.2, 0.25) is 0 Å². The molecule has 20 heavy (non-hydrogen) atoms. The predicted octanol–water partition coefficient (Wildman–Crippen LogP) is 2.38. The summed E-state index contributed by atoms with van der Waals surface area (Å²) in [5.74, 6) is 1.87. The summed E-state index contributed by atoms with van der Waals surface area (Å²) in [5, 5.41) is 3.50. The van der Waals surface area contributed by atoms with Crippen molar-refractivity contribution >= 4 is 11.0 Å². The molecule has 108 valence electrons. The van der Waals surface area contributed by atoms with E-state index >= 15 is 0 Å². The Balaban J connectivity index is 1.64. The van der Waals surface area contributed by atoms with Crippen LogP contribution in [0.5, 0.6) is 0 Å². The first kappa shape index (κ1) is 13.6. The SMILES string of the molecule is CCN(Cc1nc2ccccc2[nH]1)CC1CCCNC1. The summed E-state index contributed by atoms with van der Waals surface area (Å²) >= 11 is 0. The van der Waals surface area contributed by atoms with Crippen LogP contribution in [0.2, 0.25) is 0 Å². The second-order valence-electron chi connectivity index (χ2n) is 5.74. The second-order valence-corrected chi connectivity index (χ2v) is 5.74. The van der Waals surface area contributed by atoms with E-state index in [1.807, 2.05) is 6.07 Å². The zero-order valence-corrected chi connectivity index (χ0v) is 12.2. The third kappa shape index (κ3) is 3.19. The largest absolute Gasteiger partial charge is 0.341 e. The van der Waals surface area contributed by atoms with Gasteiger partial charge in [-0.15, -0.1) is 0 Å². The van der Waals surface area contributed by atoms with Crippen LogP contribution in [0.1, 0.15) is 25.6 Å². The van der Waals surface area contributed by atoms with E-state index in [4.69, 9.17) is 0 Å². The van der Waals surface area contributed by atoms with E-state index in [0.29, 0.717) is 0 Å². The van der Waals surface area contributed by atoms with Crippen molar-refractivity contribution in [3.8, 4) is 0 Å². The summed E-state index contributed by atoms with van der Waals surface area (Å²) in [6.07, 6.45) is 2.66. The Morgan fingerprint density at radius 3 is 3.00 bits per heavy atom. The number of rotatable bonds is 5. The van der Waals surface area contributed by atoms with Gasteiger partial charge >= 0.3 is 0 Å². The summed E-state index contributed by atoms with van der Waals surface area (Å²) in [6, 6.07) is 8.25. The molecule has 1 aliphatic rings. The lowest BCUT2D eigenvalue weighted by atomic mass is 9.99. The van der Waals surface area contributed by atoms with Crippen LogP contribution >= 0.6 is 0 Å². The highest BCUT2D eigenvalue weighted by Gasteiger charge is 2.17. The molecule has 0 aliphatic carbocycles. The number of H-pyrrole nitrogens is 1. The Bertz CT molecular complexity index is 509. The summed E-state index contributed by atoms with van der Waals surface area (Å²) in [4.78, 5) is 10.6. The third-order valence-electron chi connectivity index (χ3n) is 4.17. The number of fused-ring (bicyclic) bond motifs is 1. The van der Waals surface area contributed by atoms with Crippen LogP contribution < -0.4 is 5.32 Å². The maximum absolute atomic E-state index is 4.68. The van der Waals surface area contributed by atoms with Crippen molar-refractivity contribution in [2.45, 2.75) is 26.3 Å². The maximum atomic E-state index is 4.68. The third-order valence-corrected chi connectivity index (χ3v) is 4.17. The zero-order chi connectivity index (χ0) is 13.8. The van der Waals surface area contributed by atoms with E-state index in [1.165, 1.54) is 25.9 Å². The minimum atomic E-state index is 0.785. The lowest BCUT2D eigenvalue weighted by molar-refractivity contribution is 0.206. The van der Waals surface area contributed by atoms with Gasteiger partial charge in [0.1, 0.15) is 5.82 Å². The van der Waals surface area contributed by atoms with E-state index in [-0.39, 0.29) is 0 Å². The van der Waals surface area contributed by atoms with E-state index in [2.05, 4.69) is 45.3 Å². The fourth-order valence-electron chi connectivity index (χ4n) is 3.04. The average molecular weight is 272 g/mol. The van der Waals surface area contributed by atoms with Gasteiger partial charge in [-0.25, -0.2) is 4.98 Å². The minimum Gasteiger partial charge on any atom is -0.341 e. The molecule has 0 spiro atoms. The topological polar surface area (TPSA) is 44.0 Å². The highest BCUT2D eigenvalue weighted by molar-refractivity contribution is 5.74. The molecular weight excluding hydrogens is 248 g/mol. The Labute approximate surface area is 120 Å². The van der Waals surface area contributed by atoms with Gasteiger partial charge in [0.15, 0.2) is 0 Å². The Hall–Kier alpha value is -1.39. The Kier molecular flexibility index (Phi) is 4.33. The Morgan fingerprint density at radius 2 is 2.25 bits per heavy atom. The summed E-state index contributed by atoms with van der Waals surface area (Å²) in [7, 11) is 0. The molecule has 1 unspecified atom stereocenters. The van der Waals surface area contributed by atoms with Gasteiger partial charge in [-0.2, -0.15) is 0 Å². The number of benzene rings is 1. The molecule has 1 saturated heterocycles. The van der Waals surface area contributed by atoms with Gasteiger partial charge < -0.3 is 10.3 Å². The number of nitrogens with one attached hydrogen (secondary N) is 2. The normalized spacial score (nSPS) is 19.8. The standard InChI is InChI=1S/C16H24N4/c1-2-20(11-13-6-5-9-17-10-13)12-16-18-14-7-3-4-8-15(14)19-16/h3-4,7-8,13,17H,2,5-6,9-12H2,1H3,(H,18,19). The van der Waals surface area contributed by atoms with Crippen LogP contribution in [-0.2, 0) is 6.54 Å². The highest BCUT2D eigenvalue weighted by atomic mass is 15.1. The molecule has 0 radical (unpaired) electrons. The van der Waals surface area contributed by atoms with Crippen molar-refractivity contribution in [2.75, 3.05) is 26.2 Å². The molecule has 0 bridgehead atoms. The van der Waals surface area contributed by atoms with Gasteiger partial charge in [-0.05, 0) is 50.5 Å². The molecule has 1 aliphatic heterocycles. The highest BCUT2D eigenvalue weighted by Crippen LogP contribution is 2.15. The first-order valence-electron chi connectivity index (χ1n) is 7.72. The summed E-state index contributed by atoms with van der Waals surface area (Å²) in [6.45, 7) is 7.75. The number of aromatic nitrogens is 2. The van der Waals surface area contributed by atoms with E-state index in [1.54, 1.807) is 0 Å². The molecule has 1 atom stereocenters. The van der Waals surface area contributed by atoms with E-state index in [9.17, 15) is 0 Å². The van der Waals surface area contributed by atoms with E-state index < -0.39 is 0 Å². The monoisotopic (exact) mass is 272 g/mol. The number of nitrogens with zero attached hydrogens (tertiary/aromatic N) is 2. The maximum Gasteiger partial charge on any atom is 0.121 e. The van der Waals surface area contributed by atoms with E-state index in [0.717, 1.165) is 42.4 Å². The van der Waals surface area contributed by atoms with Crippen LogP contribution in [0, 0.1) is 5.92 Å². The molecule has 0 saturated carbocycles. The molecular formula is C16H24N4. The zero-order valence-electron chi connectivity index (χ0n) is 12.2. The van der Waals surface area contributed by atoms with Crippen LogP contribution in [0.4, 0.5) is 0 Å². The Morgan fingerprint density at radius 1 is 1.35 bits per heavy atom. The number of piperidine rings is 1. The van der Waals surface area contributed by atoms with Crippen LogP contribution in [0.25, 0.3) is 11.0 Å². The number of aromatic amines is 1. The first-order valence-corrected chi connectivity index (χ1v) is 7.72. The molecule has 2 heterocycles. The van der Waals surface area contributed by atoms with Gasteiger partial charge in [0, 0.05) is 6.54 Å². The van der Waals surface area contributed by atoms with Crippen molar-refractivity contribution in [1.82, 2.24) is 20.2 Å². The lowest BCUT2D eigenvalue weighted by Crippen LogP contribution is -2.38. The van der Waals surface area contributed by atoms with Crippen molar-refractivity contribution in [3.63, 3.8) is 0 Å². The second kappa shape index (κ2) is 6.37. The first-order chi connectivity index (χ1) is 9.85. The number of hydrogen-bond donors (Lipinski definition) is 2. The minimum absolute atomic E-state index is 0.785. The van der Waals surface area contributed by atoms with Gasteiger partial charge in [0.25, 0.3) is 0 Å². The number of para-hydroxylation sites is 2.